The lowest BCUT2D eigenvalue weighted by atomic mass is 10.1. The van der Waals surface area contributed by atoms with Crippen LogP contribution < -0.4 is 0 Å². The number of rotatable bonds is 28. The summed E-state index contributed by atoms with van der Waals surface area (Å²) in [6.45, 7) is 4.52. The number of carboxylic acid groups (broad SMARTS) is 1. The van der Waals surface area contributed by atoms with Gasteiger partial charge >= 0.3 is 17.9 Å². The number of ether oxygens (including phenoxy) is 3. The maximum absolute atomic E-state index is 12.5. The van der Waals surface area contributed by atoms with Crippen LogP contribution in [-0.4, -0.2) is 80.6 Å². The number of allylic oxidation sites excluding steroid dienone is 2. The number of aliphatic carboxylic acids is 1. The quantitative estimate of drug-likeness (QED) is 0.0448. The number of likely N-dealkylation sites (N-methyl/N-ethyl adjacent to an activating group) is 1. The van der Waals surface area contributed by atoms with Crippen LogP contribution in [0.2, 0.25) is 0 Å². The van der Waals surface area contributed by atoms with Gasteiger partial charge in [0.05, 0.1) is 34.4 Å². The highest BCUT2D eigenvalue weighted by molar-refractivity contribution is 5.72. The third-order valence-electron chi connectivity index (χ3n) is 7.16. The number of unbranched alkanes of at least 4 members (excludes halogenated alkanes) is 12. The van der Waals surface area contributed by atoms with Gasteiger partial charge in [0.25, 0.3) is 0 Å². The largest absolute Gasteiger partial charge is 0.477 e. The number of nitrogens with zero attached hydrogens (tertiary/aromatic N) is 1. The van der Waals surface area contributed by atoms with Crippen molar-refractivity contribution in [2.75, 3.05) is 41.0 Å². The SMILES string of the molecule is CCCCCCC/C=C\CCCCCCCC(=O)OC(COCCC(C(=O)O)[N+](C)(C)C)COC(=O)CCCCC. The molecular weight excluding hydrogens is 522 g/mol. The molecule has 0 aliphatic heterocycles. The maximum atomic E-state index is 12.5. The Morgan fingerprint density at radius 1 is 0.707 bits per heavy atom. The molecule has 0 spiro atoms. The van der Waals surface area contributed by atoms with Gasteiger partial charge in [-0.2, -0.15) is 0 Å². The Balaban J connectivity index is 4.33. The summed E-state index contributed by atoms with van der Waals surface area (Å²) in [5, 5.41) is 9.49. The van der Waals surface area contributed by atoms with Crippen molar-refractivity contribution in [2.24, 2.45) is 0 Å². The lowest BCUT2D eigenvalue weighted by molar-refractivity contribution is -0.887. The predicted octanol–water partition coefficient (Wildman–Crippen LogP) is 7.24. The molecule has 0 heterocycles. The number of hydrogen-bond acceptors (Lipinski definition) is 6. The number of carbonyl (C=O) groups is 3. The first kappa shape index (κ1) is 39.1. The van der Waals surface area contributed by atoms with Crippen LogP contribution in [0.4, 0.5) is 0 Å². The molecule has 0 rings (SSSR count). The minimum absolute atomic E-state index is 0.0549. The first-order valence-electron chi connectivity index (χ1n) is 16.2. The Morgan fingerprint density at radius 2 is 1.22 bits per heavy atom. The Morgan fingerprint density at radius 3 is 1.80 bits per heavy atom. The highest BCUT2D eigenvalue weighted by Crippen LogP contribution is 2.12. The molecule has 0 saturated heterocycles. The molecule has 0 saturated carbocycles. The molecule has 8 heteroatoms. The lowest BCUT2D eigenvalue weighted by Crippen LogP contribution is -2.50. The minimum atomic E-state index is -0.880. The van der Waals surface area contributed by atoms with Crippen LogP contribution in [0, 0.1) is 0 Å². The normalized spacial score (nSPS) is 13.3. The van der Waals surface area contributed by atoms with Crippen molar-refractivity contribution >= 4 is 17.9 Å². The molecule has 0 aromatic heterocycles. The summed E-state index contributed by atoms with van der Waals surface area (Å²) in [5.74, 6) is -1.51. The van der Waals surface area contributed by atoms with Crippen LogP contribution >= 0.6 is 0 Å². The van der Waals surface area contributed by atoms with Gasteiger partial charge in [-0.3, -0.25) is 9.59 Å². The maximum Gasteiger partial charge on any atom is 0.362 e. The summed E-state index contributed by atoms with van der Waals surface area (Å²) < 4.78 is 16.9. The average molecular weight is 585 g/mol. The van der Waals surface area contributed by atoms with Crippen LogP contribution in [0.5, 0.6) is 0 Å². The van der Waals surface area contributed by atoms with E-state index in [9.17, 15) is 19.5 Å². The summed E-state index contributed by atoms with van der Waals surface area (Å²) in [7, 11) is 5.49. The molecule has 240 valence electrons. The smallest absolute Gasteiger partial charge is 0.362 e. The van der Waals surface area contributed by atoms with Crippen LogP contribution in [0.25, 0.3) is 0 Å². The second-order valence-electron chi connectivity index (χ2n) is 12.1. The topological polar surface area (TPSA) is 99.1 Å². The average Bonchev–Trinajstić information content (AvgIpc) is 2.90. The van der Waals surface area contributed by atoms with Crippen molar-refractivity contribution in [1.29, 1.82) is 0 Å². The Bertz CT molecular complexity index is 702. The predicted molar refractivity (Wildman–Crippen MR) is 165 cm³/mol. The summed E-state index contributed by atoms with van der Waals surface area (Å²) in [4.78, 5) is 36.1. The highest BCUT2D eigenvalue weighted by Gasteiger charge is 2.31. The molecule has 8 nitrogen and oxygen atoms in total. The number of carboxylic acids is 1. The molecule has 2 atom stereocenters. The zero-order chi connectivity index (χ0) is 30.8. The molecule has 0 aromatic carbocycles. The van der Waals surface area contributed by atoms with Crippen LogP contribution in [-0.2, 0) is 28.6 Å². The molecule has 0 fully saturated rings. The van der Waals surface area contributed by atoms with E-state index in [4.69, 9.17) is 14.2 Å². The number of carbonyl (C=O) groups excluding carboxylic acids is 2. The number of esters is 2. The van der Waals surface area contributed by atoms with Crippen molar-refractivity contribution < 1.29 is 38.2 Å². The molecule has 0 aliphatic rings. The van der Waals surface area contributed by atoms with E-state index in [1.165, 1.54) is 44.9 Å². The van der Waals surface area contributed by atoms with Gasteiger partial charge in [-0.1, -0.05) is 83.8 Å². The second-order valence-corrected chi connectivity index (χ2v) is 12.1. The molecular formula is C33H62NO7+. The summed E-state index contributed by atoms with van der Waals surface area (Å²) >= 11 is 0. The van der Waals surface area contributed by atoms with Crippen molar-refractivity contribution in [3.8, 4) is 0 Å². The van der Waals surface area contributed by atoms with E-state index < -0.39 is 18.1 Å². The van der Waals surface area contributed by atoms with E-state index in [1.54, 1.807) is 0 Å². The van der Waals surface area contributed by atoms with Gasteiger partial charge in [0, 0.05) is 19.3 Å². The van der Waals surface area contributed by atoms with E-state index in [0.717, 1.165) is 51.4 Å². The Kier molecular flexibility index (Phi) is 24.5. The van der Waals surface area contributed by atoms with E-state index >= 15 is 0 Å². The van der Waals surface area contributed by atoms with E-state index in [0.29, 0.717) is 19.3 Å². The molecule has 0 aromatic rings. The number of quaternary nitrogens is 1. The summed E-state index contributed by atoms with van der Waals surface area (Å²) in [6.07, 6.45) is 21.8. The van der Waals surface area contributed by atoms with Crippen molar-refractivity contribution in [1.82, 2.24) is 0 Å². The zero-order valence-electron chi connectivity index (χ0n) is 27.0. The van der Waals surface area contributed by atoms with E-state index in [1.807, 2.05) is 21.1 Å². The molecule has 0 bridgehead atoms. The third-order valence-corrected chi connectivity index (χ3v) is 7.16. The molecule has 1 N–H and O–H groups in total. The van der Waals surface area contributed by atoms with Crippen molar-refractivity contribution in [3.63, 3.8) is 0 Å². The second kappa shape index (κ2) is 25.8. The van der Waals surface area contributed by atoms with Crippen LogP contribution in [0.15, 0.2) is 12.2 Å². The van der Waals surface area contributed by atoms with E-state index in [-0.39, 0.29) is 36.2 Å². The van der Waals surface area contributed by atoms with Crippen LogP contribution in [0.1, 0.15) is 129 Å². The van der Waals surface area contributed by atoms with E-state index in [2.05, 4.69) is 26.0 Å². The highest BCUT2D eigenvalue weighted by atomic mass is 16.6. The molecule has 0 aliphatic carbocycles. The van der Waals surface area contributed by atoms with Gasteiger partial charge in [0.2, 0.25) is 0 Å². The first-order valence-corrected chi connectivity index (χ1v) is 16.2. The fourth-order valence-corrected chi connectivity index (χ4v) is 4.55. The fraction of sp³-hybridized carbons (Fsp3) is 0.848. The Labute approximate surface area is 250 Å². The monoisotopic (exact) mass is 584 g/mol. The molecule has 2 unspecified atom stereocenters. The van der Waals surface area contributed by atoms with Crippen molar-refractivity contribution in [3.05, 3.63) is 12.2 Å². The molecule has 0 radical (unpaired) electrons. The zero-order valence-corrected chi connectivity index (χ0v) is 27.0. The van der Waals surface area contributed by atoms with Crippen molar-refractivity contribution in [2.45, 2.75) is 142 Å². The standard InChI is InChI=1S/C33H61NO7/c1-6-8-10-11-12-13-14-15-16-17-18-19-20-22-24-32(36)41-29(28-40-31(35)23-21-9-7-2)27-39-26-25-30(33(37)38)34(3,4)5/h14-15,29-30H,6-13,16-28H2,1-5H3/p+1/b15-14-. The number of hydrogen-bond donors (Lipinski definition) is 1. The lowest BCUT2D eigenvalue weighted by Gasteiger charge is -2.31. The van der Waals surface area contributed by atoms with Crippen LogP contribution in [0.3, 0.4) is 0 Å². The molecule has 41 heavy (non-hydrogen) atoms. The van der Waals surface area contributed by atoms with Gasteiger partial charge < -0.3 is 23.8 Å². The summed E-state index contributed by atoms with van der Waals surface area (Å²) in [6, 6.07) is -0.608. The Hall–Kier alpha value is -1.93. The van der Waals surface area contributed by atoms with Gasteiger partial charge in [-0.25, -0.2) is 4.79 Å². The minimum Gasteiger partial charge on any atom is -0.477 e. The van der Waals surface area contributed by atoms with Gasteiger partial charge in [-0.05, 0) is 38.5 Å². The van der Waals surface area contributed by atoms with Gasteiger partial charge in [0.15, 0.2) is 12.1 Å². The molecule has 0 amide bonds. The first-order chi connectivity index (χ1) is 19.6. The fourth-order valence-electron chi connectivity index (χ4n) is 4.55. The third kappa shape index (κ3) is 24.4. The van der Waals surface area contributed by atoms with Gasteiger partial charge in [-0.15, -0.1) is 0 Å². The summed E-state index contributed by atoms with van der Waals surface area (Å²) in [5.41, 5.74) is 0. The van der Waals surface area contributed by atoms with Gasteiger partial charge in [0.1, 0.15) is 6.61 Å².